The van der Waals surface area contributed by atoms with Gasteiger partial charge in [-0.3, -0.25) is 4.79 Å². The van der Waals surface area contributed by atoms with Crippen LogP contribution in [0.25, 0.3) is 10.6 Å². The van der Waals surface area contributed by atoms with E-state index >= 15 is 0 Å². The molecule has 4 rings (SSSR count). The van der Waals surface area contributed by atoms with Crippen LogP contribution in [0.1, 0.15) is 28.2 Å². The van der Waals surface area contributed by atoms with Crippen LogP contribution in [-0.4, -0.2) is 22.5 Å². The van der Waals surface area contributed by atoms with Gasteiger partial charge in [0.15, 0.2) is 0 Å². The molecule has 1 aromatic carbocycles. The van der Waals surface area contributed by atoms with Gasteiger partial charge in [-0.05, 0) is 30.2 Å². The van der Waals surface area contributed by atoms with Gasteiger partial charge in [0.05, 0.1) is 6.54 Å². The van der Waals surface area contributed by atoms with Gasteiger partial charge in [-0.25, -0.2) is 4.98 Å². The molecule has 0 bridgehead atoms. The number of aliphatic hydroxyl groups is 1. The molecule has 6 heteroatoms. The van der Waals surface area contributed by atoms with Crippen LogP contribution in [0.4, 0.5) is 0 Å². The SMILES string of the molecule is O=C(NC[C@](O)(c1cccs1)C1CC1)c1csc(-c2ccccc2)n1. The van der Waals surface area contributed by atoms with Gasteiger partial charge in [0.1, 0.15) is 16.3 Å². The Hall–Kier alpha value is -2.02. The number of carbonyl (C=O) groups is 1. The van der Waals surface area contributed by atoms with Crippen LogP contribution >= 0.6 is 22.7 Å². The van der Waals surface area contributed by atoms with E-state index in [1.807, 2.05) is 47.8 Å². The number of rotatable bonds is 6. The Morgan fingerprint density at radius 1 is 1.20 bits per heavy atom. The summed E-state index contributed by atoms with van der Waals surface area (Å²) in [6, 6.07) is 13.7. The number of carbonyl (C=O) groups excluding carboxylic acids is 1. The molecular formula is C19H18N2O2S2. The Morgan fingerprint density at radius 3 is 2.68 bits per heavy atom. The zero-order valence-corrected chi connectivity index (χ0v) is 15.1. The number of amides is 1. The lowest BCUT2D eigenvalue weighted by Gasteiger charge is -2.27. The topological polar surface area (TPSA) is 62.2 Å². The van der Waals surface area contributed by atoms with Crippen LogP contribution < -0.4 is 5.32 Å². The van der Waals surface area contributed by atoms with E-state index in [1.54, 1.807) is 5.38 Å². The summed E-state index contributed by atoms with van der Waals surface area (Å²) in [4.78, 5) is 17.8. The lowest BCUT2D eigenvalue weighted by atomic mass is 9.95. The first-order valence-electron chi connectivity index (χ1n) is 8.22. The maximum atomic E-state index is 12.5. The third-order valence-corrected chi connectivity index (χ3v) is 6.40. The number of nitrogens with zero attached hydrogens (tertiary/aromatic N) is 1. The Kier molecular flexibility index (Phi) is 4.41. The first kappa shape index (κ1) is 16.4. The molecule has 1 fully saturated rings. The van der Waals surface area contributed by atoms with Crippen molar-refractivity contribution in [3.8, 4) is 10.6 Å². The minimum atomic E-state index is -0.970. The van der Waals surface area contributed by atoms with Crippen molar-refractivity contribution in [2.75, 3.05) is 6.54 Å². The van der Waals surface area contributed by atoms with Gasteiger partial charge in [0, 0.05) is 15.8 Å². The molecule has 3 aromatic rings. The summed E-state index contributed by atoms with van der Waals surface area (Å²) in [5.41, 5.74) is 0.426. The molecule has 25 heavy (non-hydrogen) atoms. The molecule has 2 N–H and O–H groups in total. The molecule has 2 heterocycles. The number of hydrogen-bond donors (Lipinski definition) is 2. The standard InChI is InChI=1S/C19H18N2O2S2/c22-17(15-11-25-18(21-15)13-5-2-1-3-6-13)20-12-19(23,14-8-9-14)16-7-4-10-24-16/h1-7,10-11,14,23H,8-9,12H2,(H,20,22)/t19-/m1/s1. The van der Waals surface area contributed by atoms with Crippen LogP contribution in [-0.2, 0) is 5.60 Å². The van der Waals surface area contributed by atoms with E-state index in [0.717, 1.165) is 28.3 Å². The molecule has 2 aromatic heterocycles. The maximum absolute atomic E-state index is 12.5. The first-order valence-corrected chi connectivity index (χ1v) is 9.98. The summed E-state index contributed by atoms with van der Waals surface area (Å²) in [5.74, 6) is -0.0178. The Balaban J connectivity index is 1.46. The van der Waals surface area contributed by atoms with E-state index in [-0.39, 0.29) is 18.4 Å². The molecule has 0 aliphatic heterocycles. The van der Waals surface area contributed by atoms with E-state index in [9.17, 15) is 9.90 Å². The number of hydrogen-bond acceptors (Lipinski definition) is 5. The van der Waals surface area contributed by atoms with Gasteiger partial charge in [0.25, 0.3) is 5.91 Å². The smallest absolute Gasteiger partial charge is 0.270 e. The van der Waals surface area contributed by atoms with Crippen LogP contribution in [0.2, 0.25) is 0 Å². The van der Waals surface area contributed by atoms with E-state index < -0.39 is 5.60 Å². The molecule has 1 amide bonds. The minimum Gasteiger partial charge on any atom is -0.382 e. The van der Waals surface area contributed by atoms with Gasteiger partial charge in [0.2, 0.25) is 0 Å². The fourth-order valence-electron chi connectivity index (χ4n) is 2.92. The number of thiazole rings is 1. The van der Waals surface area contributed by atoms with Crippen LogP contribution in [0.5, 0.6) is 0 Å². The summed E-state index contributed by atoms with van der Waals surface area (Å²) in [5, 5.41) is 18.5. The molecule has 1 aliphatic carbocycles. The summed E-state index contributed by atoms with van der Waals surface area (Å²) < 4.78 is 0. The molecule has 4 nitrogen and oxygen atoms in total. The minimum absolute atomic E-state index is 0.217. The second-order valence-electron chi connectivity index (χ2n) is 6.26. The quantitative estimate of drug-likeness (QED) is 0.692. The summed E-state index contributed by atoms with van der Waals surface area (Å²) >= 11 is 2.98. The third kappa shape index (κ3) is 3.38. The van der Waals surface area contributed by atoms with Gasteiger partial charge >= 0.3 is 0 Å². The molecule has 1 aliphatic rings. The highest BCUT2D eigenvalue weighted by Gasteiger charge is 2.46. The van der Waals surface area contributed by atoms with Crippen molar-refractivity contribution in [2.45, 2.75) is 18.4 Å². The summed E-state index contributed by atoms with van der Waals surface area (Å²) in [6.45, 7) is 0.217. The van der Waals surface area contributed by atoms with Crippen molar-refractivity contribution < 1.29 is 9.90 Å². The van der Waals surface area contributed by atoms with E-state index in [4.69, 9.17) is 0 Å². The second kappa shape index (κ2) is 6.71. The molecule has 1 atom stereocenters. The zero-order chi connectivity index (χ0) is 17.3. The van der Waals surface area contributed by atoms with E-state index in [2.05, 4.69) is 10.3 Å². The second-order valence-corrected chi connectivity index (χ2v) is 8.07. The number of thiophene rings is 1. The molecular weight excluding hydrogens is 352 g/mol. The molecule has 1 saturated carbocycles. The molecule has 0 radical (unpaired) electrons. The summed E-state index contributed by atoms with van der Waals surface area (Å²) in [6.07, 6.45) is 2.00. The normalized spacial score (nSPS) is 16.4. The fourth-order valence-corrected chi connectivity index (χ4v) is 4.63. The molecule has 128 valence electrons. The lowest BCUT2D eigenvalue weighted by Crippen LogP contribution is -2.42. The highest BCUT2D eigenvalue weighted by Crippen LogP contribution is 2.46. The maximum Gasteiger partial charge on any atom is 0.270 e. The number of aromatic nitrogens is 1. The van der Waals surface area contributed by atoms with Crippen molar-refractivity contribution in [3.05, 3.63) is 63.8 Å². The monoisotopic (exact) mass is 370 g/mol. The number of benzene rings is 1. The van der Waals surface area contributed by atoms with Crippen molar-refractivity contribution in [1.29, 1.82) is 0 Å². The predicted octanol–water partition coefficient (Wildman–Crippen LogP) is 3.90. The highest BCUT2D eigenvalue weighted by molar-refractivity contribution is 7.13. The van der Waals surface area contributed by atoms with Crippen molar-refractivity contribution in [2.24, 2.45) is 5.92 Å². The van der Waals surface area contributed by atoms with Crippen molar-refractivity contribution in [1.82, 2.24) is 10.3 Å². The highest BCUT2D eigenvalue weighted by atomic mass is 32.1. The largest absolute Gasteiger partial charge is 0.382 e. The average molecular weight is 370 g/mol. The predicted molar refractivity (Wildman–Crippen MR) is 101 cm³/mol. The van der Waals surface area contributed by atoms with E-state index in [0.29, 0.717) is 5.69 Å². The van der Waals surface area contributed by atoms with Gasteiger partial charge in [-0.15, -0.1) is 22.7 Å². The Labute approximate surface area is 154 Å². The molecule has 0 unspecified atom stereocenters. The first-order chi connectivity index (χ1) is 12.2. The van der Waals surface area contributed by atoms with Crippen LogP contribution in [0.15, 0.2) is 53.2 Å². The van der Waals surface area contributed by atoms with Crippen LogP contribution in [0.3, 0.4) is 0 Å². The van der Waals surface area contributed by atoms with Gasteiger partial charge < -0.3 is 10.4 Å². The molecule has 0 spiro atoms. The lowest BCUT2D eigenvalue weighted by molar-refractivity contribution is 0.0169. The third-order valence-electron chi connectivity index (χ3n) is 4.48. The van der Waals surface area contributed by atoms with Gasteiger partial charge in [-0.2, -0.15) is 0 Å². The number of nitrogens with one attached hydrogen (secondary N) is 1. The molecule has 0 saturated heterocycles. The van der Waals surface area contributed by atoms with Gasteiger partial charge in [-0.1, -0.05) is 36.4 Å². The van der Waals surface area contributed by atoms with E-state index in [1.165, 1.54) is 22.7 Å². The van der Waals surface area contributed by atoms with Crippen molar-refractivity contribution >= 4 is 28.6 Å². The fraction of sp³-hybridized carbons (Fsp3) is 0.263. The van der Waals surface area contributed by atoms with Crippen molar-refractivity contribution in [3.63, 3.8) is 0 Å². The average Bonchev–Trinajstić information content (AvgIpc) is 3.15. The van der Waals surface area contributed by atoms with Crippen LogP contribution in [0, 0.1) is 5.92 Å². The zero-order valence-electron chi connectivity index (χ0n) is 13.5. The Morgan fingerprint density at radius 2 is 2.00 bits per heavy atom. The Bertz CT molecular complexity index is 857. The summed E-state index contributed by atoms with van der Waals surface area (Å²) in [7, 11) is 0.